The minimum Gasteiger partial charge on any atom is -0.378 e. The molecule has 1 aromatic heterocycles. The number of nitrogens with two attached hydrogens (primary N) is 1. The second-order valence-electron chi connectivity index (χ2n) is 10.3. The summed E-state index contributed by atoms with van der Waals surface area (Å²) in [5.41, 5.74) is 0.310. The molecule has 1 aromatic carbocycles. The number of nitrogens with zero attached hydrogens (tertiary/aromatic N) is 1. The zero-order valence-electron chi connectivity index (χ0n) is 24.2. The highest BCUT2D eigenvalue weighted by Crippen LogP contribution is 2.33. The first kappa shape index (κ1) is 36.5. The van der Waals surface area contributed by atoms with E-state index in [4.69, 9.17) is 49.4 Å². The molecule has 12 nitrogen and oxygen atoms in total. The molecule has 1 aliphatic rings. The first-order valence-electron chi connectivity index (χ1n) is 13.8. The van der Waals surface area contributed by atoms with Gasteiger partial charge < -0.3 is 30.3 Å². The van der Waals surface area contributed by atoms with Gasteiger partial charge in [-0.1, -0.05) is 54.7 Å². The smallest absolute Gasteiger partial charge is 0.256 e. The molecule has 3 rings (SSSR count). The standard InChI is InChI=1S/C27H36Cl3N5O7S2/c1-16(2)32-5-7-41-9-10-42-8-6-33-25(37)22-13-19(34-24(36)11-17-3-4-18(28)12-21(17)29)15-35(22)26(38)20-14-23(30)43-27(20)44(31,39)40/h3-4,12,14,16,19,22,32H,5-11,13,15H2,1-2H3,(H,33,37)(H,34,36)(H2,31,39,40)/t19-,22-/m1/s1. The molecule has 244 valence electrons. The normalized spacial score (nSPS) is 16.8. The van der Waals surface area contributed by atoms with Crippen LogP contribution in [0, 0.1) is 0 Å². The lowest BCUT2D eigenvalue weighted by molar-refractivity contribution is -0.125. The van der Waals surface area contributed by atoms with Crippen molar-refractivity contribution in [2.45, 2.75) is 49.0 Å². The lowest BCUT2D eigenvalue weighted by Gasteiger charge is -2.24. The molecule has 0 unspecified atom stereocenters. The van der Waals surface area contributed by atoms with E-state index in [1.54, 1.807) is 12.1 Å². The number of carbonyl (C=O) groups excluding carboxylic acids is 3. The zero-order valence-corrected chi connectivity index (χ0v) is 28.1. The number of thiophene rings is 1. The summed E-state index contributed by atoms with van der Waals surface area (Å²) in [5.74, 6) is -1.63. The van der Waals surface area contributed by atoms with E-state index in [1.165, 1.54) is 17.0 Å². The van der Waals surface area contributed by atoms with Gasteiger partial charge in [-0.3, -0.25) is 14.4 Å². The van der Waals surface area contributed by atoms with Crippen molar-refractivity contribution in [3.63, 3.8) is 0 Å². The predicted molar refractivity (Wildman–Crippen MR) is 170 cm³/mol. The Morgan fingerprint density at radius 2 is 1.75 bits per heavy atom. The highest BCUT2D eigenvalue weighted by molar-refractivity contribution is 7.91. The number of likely N-dealkylation sites (tertiary alicyclic amines) is 1. The van der Waals surface area contributed by atoms with Gasteiger partial charge in [0.1, 0.15) is 10.3 Å². The van der Waals surface area contributed by atoms with Crippen LogP contribution < -0.4 is 21.1 Å². The Kier molecular flexibility index (Phi) is 14.1. The van der Waals surface area contributed by atoms with Gasteiger partial charge >= 0.3 is 0 Å². The molecule has 0 saturated carbocycles. The average Bonchev–Trinajstić information content (AvgIpc) is 3.54. The Bertz CT molecular complexity index is 1420. The van der Waals surface area contributed by atoms with E-state index < -0.39 is 38.1 Å². The van der Waals surface area contributed by atoms with Crippen molar-refractivity contribution in [2.75, 3.05) is 46.1 Å². The van der Waals surface area contributed by atoms with E-state index in [0.717, 1.165) is 6.54 Å². The van der Waals surface area contributed by atoms with Crippen molar-refractivity contribution in [3.05, 3.63) is 49.8 Å². The molecule has 2 atom stereocenters. The van der Waals surface area contributed by atoms with Gasteiger partial charge in [-0.2, -0.15) is 0 Å². The predicted octanol–water partition coefficient (Wildman–Crippen LogP) is 2.45. The summed E-state index contributed by atoms with van der Waals surface area (Å²) in [6.45, 7) is 6.42. The quantitative estimate of drug-likeness (QED) is 0.193. The molecular formula is C27H36Cl3N5O7S2. The Morgan fingerprint density at radius 3 is 2.39 bits per heavy atom. The van der Waals surface area contributed by atoms with Gasteiger partial charge in [0.05, 0.1) is 42.7 Å². The second-order valence-corrected chi connectivity index (χ2v) is 14.6. The van der Waals surface area contributed by atoms with Gasteiger partial charge in [0.15, 0.2) is 0 Å². The number of hydrogen-bond donors (Lipinski definition) is 4. The lowest BCUT2D eigenvalue weighted by Crippen LogP contribution is -2.47. The van der Waals surface area contributed by atoms with Crippen LogP contribution >= 0.6 is 46.1 Å². The Morgan fingerprint density at radius 1 is 1.07 bits per heavy atom. The monoisotopic (exact) mass is 711 g/mol. The van der Waals surface area contributed by atoms with Crippen LogP contribution in [0.25, 0.3) is 0 Å². The molecule has 44 heavy (non-hydrogen) atoms. The van der Waals surface area contributed by atoms with Crippen molar-refractivity contribution in [1.82, 2.24) is 20.9 Å². The molecule has 1 saturated heterocycles. The minimum atomic E-state index is -4.27. The van der Waals surface area contributed by atoms with Crippen LogP contribution in [0.1, 0.15) is 36.2 Å². The van der Waals surface area contributed by atoms with E-state index in [9.17, 15) is 22.8 Å². The number of carbonyl (C=O) groups is 3. The number of sulfonamides is 1. The third-order valence-corrected chi connectivity index (χ3v) is 9.80. The third-order valence-electron chi connectivity index (χ3n) is 6.47. The third kappa shape index (κ3) is 11.1. The molecule has 0 aliphatic carbocycles. The number of ether oxygens (including phenoxy) is 2. The number of benzene rings is 1. The van der Waals surface area contributed by atoms with Gasteiger partial charge in [0.25, 0.3) is 5.91 Å². The topological polar surface area (TPSA) is 169 Å². The summed E-state index contributed by atoms with van der Waals surface area (Å²) < 4.78 is 34.9. The fourth-order valence-electron chi connectivity index (χ4n) is 4.50. The number of primary sulfonamides is 1. The fourth-order valence-corrected chi connectivity index (χ4v) is 7.25. The maximum absolute atomic E-state index is 13.6. The van der Waals surface area contributed by atoms with Crippen LogP contribution in [-0.2, 0) is 35.5 Å². The summed E-state index contributed by atoms with van der Waals surface area (Å²) in [6.07, 6.45) is 0.0294. The molecule has 5 N–H and O–H groups in total. The fraction of sp³-hybridized carbons (Fsp3) is 0.519. The first-order chi connectivity index (χ1) is 20.8. The lowest BCUT2D eigenvalue weighted by atomic mass is 10.1. The van der Waals surface area contributed by atoms with Crippen molar-refractivity contribution in [2.24, 2.45) is 5.14 Å². The molecule has 0 bridgehead atoms. The number of halogens is 3. The van der Waals surface area contributed by atoms with Crippen LogP contribution in [0.15, 0.2) is 28.5 Å². The number of amides is 3. The van der Waals surface area contributed by atoms with Crippen molar-refractivity contribution in [1.29, 1.82) is 0 Å². The highest BCUT2D eigenvalue weighted by Gasteiger charge is 2.42. The van der Waals surface area contributed by atoms with Crippen molar-refractivity contribution >= 4 is 73.9 Å². The van der Waals surface area contributed by atoms with Crippen LogP contribution in [0.3, 0.4) is 0 Å². The van der Waals surface area contributed by atoms with Crippen LogP contribution in [0.2, 0.25) is 14.4 Å². The van der Waals surface area contributed by atoms with Gasteiger partial charge in [0, 0.05) is 41.8 Å². The number of rotatable bonds is 16. The molecule has 17 heteroatoms. The van der Waals surface area contributed by atoms with Crippen LogP contribution in [0.5, 0.6) is 0 Å². The Balaban J connectivity index is 1.62. The van der Waals surface area contributed by atoms with Gasteiger partial charge in [0.2, 0.25) is 21.8 Å². The highest BCUT2D eigenvalue weighted by atomic mass is 35.5. The number of hydrogen-bond acceptors (Lipinski definition) is 9. The maximum atomic E-state index is 13.6. The van der Waals surface area contributed by atoms with E-state index in [-0.39, 0.29) is 48.3 Å². The summed E-state index contributed by atoms with van der Waals surface area (Å²) in [7, 11) is -4.27. The molecule has 0 spiro atoms. The molecule has 1 aliphatic heterocycles. The number of nitrogens with one attached hydrogen (secondary N) is 3. The van der Waals surface area contributed by atoms with Gasteiger partial charge in [-0.15, -0.1) is 11.3 Å². The van der Waals surface area contributed by atoms with Crippen molar-refractivity contribution in [3.8, 4) is 0 Å². The average molecular weight is 713 g/mol. The summed E-state index contributed by atoms with van der Waals surface area (Å²) in [6, 6.07) is 4.73. The second kappa shape index (κ2) is 17.1. The molecule has 1 fully saturated rings. The Labute approximate surface area is 275 Å². The summed E-state index contributed by atoms with van der Waals surface area (Å²) >= 11 is 18.8. The zero-order chi connectivity index (χ0) is 32.4. The summed E-state index contributed by atoms with van der Waals surface area (Å²) in [5, 5.41) is 14.9. The largest absolute Gasteiger partial charge is 0.378 e. The SMILES string of the molecule is CC(C)NCCOCCOCCNC(=O)[C@H]1C[C@@H](NC(=O)Cc2ccc(Cl)cc2Cl)CN1C(=O)c1cc(Cl)sc1S(N)(=O)=O. The van der Waals surface area contributed by atoms with E-state index in [1.807, 2.05) is 13.8 Å². The maximum Gasteiger partial charge on any atom is 0.256 e. The molecule has 0 radical (unpaired) electrons. The van der Waals surface area contributed by atoms with Gasteiger partial charge in [-0.25, -0.2) is 13.6 Å². The van der Waals surface area contributed by atoms with E-state index in [0.29, 0.717) is 52.8 Å². The minimum absolute atomic E-state index is 0.0413. The molecule has 2 aromatic rings. The van der Waals surface area contributed by atoms with Crippen LogP contribution in [-0.4, -0.2) is 95.2 Å². The summed E-state index contributed by atoms with van der Waals surface area (Å²) in [4.78, 5) is 40.9. The van der Waals surface area contributed by atoms with Gasteiger partial charge in [-0.05, 0) is 30.2 Å². The first-order valence-corrected chi connectivity index (χ1v) is 17.3. The molecule has 3 amide bonds. The van der Waals surface area contributed by atoms with E-state index >= 15 is 0 Å². The molecule has 2 heterocycles. The van der Waals surface area contributed by atoms with Crippen molar-refractivity contribution < 1.29 is 32.3 Å². The van der Waals surface area contributed by atoms with Crippen LogP contribution in [0.4, 0.5) is 0 Å². The van der Waals surface area contributed by atoms with E-state index in [2.05, 4.69) is 16.0 Å². The Hall–Kier alpha value is -2.01. The molecular weight excluding hydrogens is 677 g/mol.